The highest BCUT2D eigenvalue weighted by atomic mass is 35.5. The second-order valence-corrected chi connectivity index (χ2v) is 10.8. The molecule has 0 saturated carbocycles. The fraction of sp³-hybridized carbons (Fsp3) is 0.500. The quantitative estimate of drug-likeness (QED) is 0.410. The van der Waals surface area contributed by atoms with E-state index in [4.69, 9.17) is 25.8 Å². The van der Waals surface area contributed by atoms with Crippen LogP contribution in [0.15, 0.2) is 30.6 Å². The molecule has 1 aliphatic heterocycles. The van der Waals surface area contributed by atoms with Crippen molar-refractivity contribution in [2.75, 3.05) is 25.5 Å². The monoisotopic (exact) mass is 537 g/mol. The maximum absolute atomic E-state index is 13.4. The SMILES string of the molecule is COc1cccc(-c2nnc(NS(=O)(=O)[C@@H](C)[C@H](OC)c3ncc(Cl)cn3)n2C[C@@H]2CCCCO2)n1. The van der Waals surface area contributed by atoms with E-state index >= 15 is 0 Å². The largest absolute Gasteiger partial charge is 0.481 e. The van der Waals surface area contributed by atoms with Gasteiger partial charge in [0.2, 0.25) is 21.9 Å². The normalized spacial score (nSPS) is 17.9. The third-order valence-electron chi connectivity index (χ3n) is 5.87. The molecule has 1 N–H and O–H groups in total. The lowest BCUT2D eigenvalue weighted by Crippen LogP contribution is -2.34. The summed E-state index contributed by atoms with van der Waals surface area (Å²) in [5, 5.41) is 7.65. The minimum Gasteiger partial charge on any atom is -0.481 e. The first kappa shape index (κ1) is 26.2. The summed E-state index contributed by atoms with van der Waals surface area (Å²) in [7, 11) is -1.11. The van der Waals surface area contributed by atoms with E-state index in [1.165, 1.54) is 33.5 Å². The van der Waals surface area contributed by atoms with Crippen LogP contribution in [0.4, 0.5) is 5.95 Å². The van der Waals surface area contributed by atoms with E-state index in [0.29, 0.717) is 35.6 Å². The second-order valence-electron chi connectivity index (χ2n) is 8.28. The van der Waals surface area contributed by atoms with Gasteiger partial charge in [0, 0.05) is 32.2 Å². The van der Waals surface area contributed by atoms with Gasteiger partial charge < -0.3 is 14.2 Å². The molecule has 1 fully saturated rings. The first-order valence-electron chi connectivity index (χ1n) is 11.4. The molecule has 0 bridgehead atoms. The molecule has 1 aliphatic rings. The first-order chi connectivity index (χ1) is 17.3. The van der Waals surface area contributed by atoms with Crippen LogP contribution in [0, 0.1) is 0 Å². The van der Waals surface area contributed by atoms with E-state index in [1.54, 1.807) is 22.8 Å². The molecular weight excluding hydrogens is 510 g/mol. The second kappa shape index (κ2) is 11.5. The van der Waals surface area contributed by atoms with Gasteiger partial charge in [-0.05, 0) is 32.3 Å². The lowest BCUT2D eigenvalue weighted by atomic mass is 10.1. The van der Waals surface area contributed by atoms with Crippen molar-refractivity contribution >= 4 is 27.6 Å². The van der Waals surface area contributed by atoms with Crippen LogP contribution in [0.1, 0.15) is 38.1 Å². The van der Waals surface area contributed by atoms with Crippen LogP contribution in [-0.4, -0.2) is 70.3 Å². The summed E-state index contributed by atoms with van der Waals surface area (Å²) in [6.45, 7) is 2.50. The number of hydrogen-bond acceptors (Lipinski definition) is 10. The predicted molar refractivity (Wildman–Crippen MR) is 132 cm³/mol. The fourth-order valence-corrected chi connectivity index (χ4v) is 5.16. The van der Waals surface area contributed by atoms with Crippen molar-refractivity contribution in [2.45, 2.75) is 50.2 Å². The van der Waals surface area contributed by atoms with Crippen molar-refractivity contribution in [2.24, 2.45) is 0 Å². The molecule has 36 heavy (non-hydrogen) atoms. The van der Waals surface area contributed by atoms with E-state index in [1.807, 2.05) is 0 Å². The van der Waals surface area contributed by atoms with Gasteiger partial charge in [0.15, 0.2) is 11.6 Å². The summed E-state index contributed by atoms with van der Waals surface area (Å²) in [6.07, 6.45) is 4.56. The van der Waals surface area contributed by atoms with Gasteiger partial charge >= 0.3 is 0 Å². The number of rotatable bonds is 10. The number of methoxy groups -OCH3 is 2. The molecule has 3 aromatic heterocycles. The van der Waals surface area contributed by atoms with Gasteiger partial charge in [0.25, 0.3) is 0 Å². The number of sulfonamides is 1. The maximum Gasteiger partial charge on any atom is 0.240 e. The highest BCUT2D eigenvalue weighted by molar-refractivity contribution is 7.93. The standard InChI is InChI=1S/C22H28ClN7O5S/c1-14(19(34-3)20-24-11-15(23)12-25-20)36(31,32)29-22-28-27-21(17-8-6-9-18(26-17)33-2)30(22)13-16-7-4-5-10-35-16/h6,8-9,11-12,14,16,19H,4-5,7,10,13H2,1-3H3,(H,28,29)/t14-,16-,19-/m0/s1. The molecule has 12 nitrogen and oxygen atoms in total. The summed E-state index contributed by atoms with van der Waals surface area (Å²) in [5.74, 6) is 1.02. The number of aromatic nitrogens is 6. The van der Waals surface area contributed by atoms with E-state index in [2.05, 4.69) is 29.9 Å². The summed E-state index contributed by atoms with van der Waals surface area (Å²) >= 11 is 5.87. The molecular formula is C22H28ClN7O5S. The van der Waals surface area contributed by atoms with Gasteiger partial charge in [0.1, 0.15) is 17.0 Å². The summed E-state index contributed by atoms with van der Waals surface area (Å²) < 4.78 is 47.6. The van der Waals surface area contributed by atoms with Crippen molar-refractivity contribution in [1.29, 1.82) is 0 Å². The molecule has 194 valence electrons. The fourth-order valence-electron chi connectivity index (χ4n) is 3.91. The Morgan fingerprint density at radius 1 is 1.22 bits per heavy atom. The predicted octanol–water partition coefficient (Wildman–Crippen LogP) is 2.88. The Morgan fingerprint density at radius 3 is 2.67 bits per heavy atom. The van der Waals surface area contributed by atoms with Crippen LogP contribution in [0.3, 0.4) is 0 Å². The molecule has 0 spiro atoms. The molecule has 4 rings (SSSR count). The summed E-state index contributed by atoms with van der Waals surface area (Å²) in [4.78, 5) is 12.7. The number of ether oxygens (including phenoxy) is 3. The molecule has 3 atom stereocenters. The Labute approximate surface area is 214 Å². The number of pyridine rings is 1. The Kier molecular flexibility index (Phi) is 8.34. The number of nitrogens with zero attached hydrogens (tertiary/aromatic N) is 6. The molecule has 3 aromatic rings. The zero-order valence-electron chi connectivity index (χ0n) is 20.2. The zero-order valence-corrected chi connectivity index (χ0v) is 21.7. The molecule has 0 aromatic carbocycles. The molecule has 0 amide bonds. The number of nitrogens with one attached hydrogen (secondary N) is 1. The zero-order chi connectivity index (χ0) is 25.7. The van der Waals surface area contributed by atoms with Crippen LogP contribution in [0.5, 0.6) is 5.88 Å². The van der Waals surface area contributed by atoms with Gasteiger partial charge in [0.05, 0.1) is 24.8 Å². The van der Waals surface area contributed by atoms with Crippen molar-refractivity contribution < 1.29 is 22.6 Å². The van der Waals surface area contributed by atoms with Crippen LogP contribution >= 0.6 is 11.6 Å². The summed E-state index contributed by atoms with van der Waals surface area (Å²) in [6, 6.07) is 5.24. The van der Waals surface area contributed by atoms with Crippen LogP contribution in [0.2, 0.25) is 5.02 Å². The van der Waals surface area contributed by atoms with Crippen molar-refractivity contribution in [3.05, 3.63) is 41.4 Å². The van der Waals surface area contributed by atoms with Crippen molar-refractivity contribution in [3.63, 3.8) is 0 Å². The Hall–Kier alpha value is -2.87. The van der Waals surface area contributed by atoms with Gasteiger partial charge in [-0.3, -0.25) is 9.29 Å². The average molecular weight is 538 g/mol. The molecule has 0 aliphatic carbocycles. The maximum atomic E-state index is 13.4. The Bertz CT molecular complexity index is 1270. The van der Waals surface area contributed by atoms with Crippen LogP contribution in [-0.2, 0) is 26.0 Å². The van der Waals surface area contributed by atoms with E-state index in [0.717, 1.165) is 19.3 Å². The third-order valence-corrected chi connectivity index (χ3v) is 7.76. The number of hydrogen-bond donors (Lipinski definition) is 1. The molecule has 4 heterocycles. The van der Waals surface area contributed by atoms with Gasteiger partial charge in [-0.2, -0.15) is 0 Å². The number of halogens is 1. The highest BCUT2D eigenvalue weighted by Crippen LogP contribution is 2.28. The van der Waals surface area contributed by atoms with Gasteiger partial charge in [-0.1, -0.05) is 17.7 Å². The molecule has 14 heteroatoms. The Morgan fingerprint density at radius 2 is 2.00 bits per heavy atom. The number of anilines is 1. The highest BCUT2D eigenvalue weighted by Gasteiger charge is 2.34. The minimum atomic E-state index is -4.03. The topological polar surface area (TPSA) is 143 Å². The van der Waals surface area contributed by atoms with Gasteiger partial charge in [-0.25, -0.2) is 23.4 Å². The third kappa shape index (κ3) is 5.91. The summed E-state index contributed by atoms with van der Waals surface area (Å²) in [5.41, 5.74) is 0.487. The van der Waals surface area contributed by atoms with E-state index in [9.17, 15) is 8.42 Å². The van der Waals surface area contributed by atoms with E-state index in [-0.39, 0.29) is 17.9 Å². The smallest absolute Gasteiger partial charge is 0.240 e. The van der Waals surface area contributed by atoms with Gasteiger partial charge in [-0.15, -0.1) is 10.2 Å². The lowest BCUT2D eigenvalue weighted by Gasteiger charge is -2.25. The first-order valence-corrected chi connectivity index (χ1v) is 13.3. The van der Waals surface area contributed by atoms with E-state index < -0.39 is 21.4 Å². The lowest BCUT2D eigenvalue weighted by molar-refractivity contribution is 0.00650. The molecule has 1 saturated heterocycles. The Balaban J connectivity index is 1.66. The van der Waals surface area contributed by atoms with Crippen LogP contribution < -0.4 is 9.46 Å². The average Bonchev–Trinajstić information content (AvgIpc) is 3.27. The minimum absolute atomic E-state index is 0.0440. The molecule has 0 radical (unpaired) electrons. The van der Waals surface area contributed by atoms with Crippen molar-refractivity contribution in [3.8, 4) is 17.4 Å². The van der Waals surface area contributed by atoms with Crippen molar-refractivity contribution in [1.82, 2.24) is 29.7 Å². The van der Waals surface area contributed by atoms with Crippen LogP contribution in [0.25, 0.3) is 11.5 Å². The molecule has 0 unspecified atom stereocenters.